The molecular weight excluding hydrogens is 691 g/mol. The highest BCUT2D eigenvalue weighted by Crippen LogP contribution is 2.47. The minimum Gasteiger partial charge on any atom is -0.311 e. The predicted molar refractivity (Wildman–Crippen MR) is 241 cm³/mol. The molecule has 266 valence electrons. The number of aromatic nitrogens is 2. The molecule has 0 atom stereocenters. The van der Waals surface area contributed by atoms with Crippen molar-refractivity contribution >= 4 is 77.0 Å². The fraction of sp³-hybridized carbons (Fsp3) is 0. The van der Waals surface area contributed by atoms with E-state index in [0.29, 0.717) is 0 Å². The molecule has 12 rings (SSSR count). The van der Waals surface area contributed by atoms with Crippen molar-refractivity contribution in [3.8, 4) is 27.9 Å². The molecule has 0 saturated carbocycles. The number of rotatable bonds is 6. The van der Waals surface area contributed by atoms with E-state index < -0.39 is 0 Å². The Kier molecular flexibility index (Phi) is 6.93. The molecule has 12 aromatic rings. The highest BCUT2D eigenvalue weighted by Gasteiger charge is 2.24. The molecule has 0 radical (unpaired) electrons. The van der Waals surface area contributed by atoms with Crippen molar-refractivity contribution in [2.45, 2.75) is 0 Å². The molecule has 0 unspecified atom stereocenters. The average Bonchev–Trinajstić information content (AvgIpc) is 3.77. The van der Waals surface area contributed by atoms with Gasteiger partial charge in [0.1, 0.15) is 0 Å². The first-order valence-corrected chi connectivity index (χ1v) is 19.6. The second-order valence-electron chi connectivity index (χ2n) is 14.9. The van der Waals surface area contributed by atoms with Crippen LogP contribution < -0.4 is 4.90 Å². The van der Waals surface area contributed by atoms with Crippen LogP contribution in [0.3, 0.4) is 0 Å². The maximum absolute atomic E-state index is 2.53. The van der Waals surface area contributed by atoms with Crippen molar-refractivity contribution in [2.75, 3.05) is 4.90 Å². The maximum atomic E-state index is 2.53. The summed E-state index contributed by atoms with van der Waals surface area (Å²) in [5.74, 6) is 0. The average molecular weight is 726 g/mol. The Morgan fingerprint density at radius 1 is 0.298 bits per heavy atom. The lowest BCUT2D eigenvalue weighted by Gasteiger charge is -2.26. The molecule has 57 heavy (non-hydrogen) atoms. The van der Waals surface area contributed by atoms with Gasteiger partial charge < -0.3 is 13.9 Å². The van der Waals surface area contributed by atoms with Gasteiger partial charge in [0.15, 0.2) is 0 Å². The van der Waals surface area contributed by atoms with E-state index in [0.717, 1.165) is 22.7 Å². The molecule has 0 spiro atoms. The summed E-state index contributed by atoms with van der Waals surface area (Å²) < 4.78 is 5.00. The number of anilines is 3. The van der Waals surface area contributed by atoms with Crippen LogP contribution >= 0.6 is 0 Å². The standard InChI is InChI=1S/C54H35N3/c1-4-14-36(15-5-1)37-26-28-40(29-27-37)55(39-18-8-3-9-19-39)41-30-32-42(33-31-41)56-49-25-13-22-45-44-20-10-11-23-47(44)57-48-24-12-21-43(38-16-6-2-7-17-38)51(48)46-34-35-50(56)53(52(45)49)54(46)57/h1-35H. The van der Waals surface area contributed by atoms with E-state index in [4.69, 9.17) is 0 Å². The summed E-state index contributed by atoms with van der Waals surface area (Å²) >= 11 is 0. The van der Waals surface area contributed by atoms with Gasteiger partial charge in [-0.1, -0.05) is 140 Å². The number of fused-ring (bicyclic) bond motifs is 6. The number of hydrogen-bond donors (Lipinski definition) is 0. The number of benzene rings is 9. The van der Waals surface area contributed by atoms with Crippen molar-refractivity contribution < 1.29 is 0 Å². The molecule has 0 saturated heterocycles. The largest absolute Gasteiger partial charge is 0.311 e. The smallest absolute Gasteiger partial charge is 0.0642 e. The molecule has 0 aliphatic heterocycles. The van der Waals surface area contributed by atoms with E-state index in [1.807, 2.05) is 0 Å². The molecule has 0 aliphatic rings. The lowest BCUT2D eigenvalue weighted by Crippen LogP contribution is -2.10. The third kappa shape index (κ3) is 4.73. The second kappa shape index (κ2) is 12.5. The molecule has 0 fully saturated rings. The zero-order chi connectivity index (χ0) is 37.5. The number of hydrogen-bond acceptors (Lipinski definition) is 1. The molecule has 9 aromatic carbocycles. The second-order valence-corrected chi connectivity index (χ2v) is 14.9. The van der Waals surface area contributed by atoms with Gasteiger partial charge in [-0.2, -0.15) is 0 Å². The van der Waals surface area contributed by atoms with Crippen LogP contribution in [0.2, 0.25) is 0 Å². The van der Waals surface area contributed by atoms with Crippen molar-refractivity contribution in [1.29, 1.82) is 0 Å². The minimum absolute atomic E-state index is 1.10. The Hall–Kier alpha value is -7.62. The molecule has 3 nitrogen and oxygen atoms in total. The third-order valence-corrected chi connectivity index (χ3v) is 11.8. The summed E-state index contributed by atoms with van der Waals surface area (Å²) in [7, 11) is 0. The van der Waals surface area contributed by atoms with Gasteiger partial charge in [0.2, 0.25) is 0 Å². The van der Waals surface area contributed by atoms with Gasteiger partial charge >= 0.3 is 0 Å². The predicted octanol–water partition coefficient (Wildman–Crippen LogP) is 14.7. The van der Waals surface area contributed by atoms with Crippen LogP contribution in [0.15, 0.2) is 212 Å². The Bertz CT molecular complexity index is 3420. The van der Waals surface area contributed by atoms with Crippen molar-refractivity contribution in [3.05, 3.63) is 212 Å². The topological polar surface area (TPSA) is 12.6 Å². The van der Waals surface area contributed by atoms with E-state index in [9.17, 15) is 0 Å². The van der Waals surface area contributed by atoms with Gasteiger partial charge in [-0.25, -0.2) is 0 Å². The van der Waals surface area contributed by atoms with E-state index in [1.165, 1.54) is 82.2 Å². The van der Waals surface area contributed by atoms with Crippen LogP contribution in [-0.2, 0) is 0 Å². The fourth-order valence-electron chi connectivity index (χ4n) is 9.41. The van der Waals surface area contributed by atoms with Gasteiger partial charge in [0.25, 0.3) is 0 Å². The molecular formula is C54H35N3. The summed E-state index contributed by atoms with van der Waals surface area (Å²) in [5.41, 5.74) is 15.5. The Morgan fingerprint density at radius 3 is 1.60 bits per heavy atom. The molecule has 0 N–H and O–H groups in total. The number of nitrogens with zero attached hydrogens (tertiary/aromatic N) is 3. The van der Waals surface area contributed by atoms with Crippen LogP contribution in [0.1, 0.15) is 0 Å². The van der Waals surface area contributed by atoms with Gasteiger partial charge in [0.05, 0.1) is 27.6 Å². The summed E-state index contributed by atoms with van der Waals surface area (Å²) in [6, 6.07) is 77.2. The molecule has 3 heterocycles. The highest BCUT2D eigenvalue weighted by atomic mass is 15.1. The first kappa shape index (κ1) is 31.7. The van der Waals surface area contributed by atoms with Crippen LogP contribution in [0.25, 0.3) is 87.8 Å². The zero-order valence-corrected chi connectivity index (χ0v) is 31.0. The van der Waals surface area contributed by atoms with Gasteiger partial charge in [-0.05, 0) is 100 Å². The lowest BCUT2D eigenvalue weighted by molar-refractivity contribution is 1.17. The summed E-state index contributed by atoms with van der Waals surface area (Å²) in [6.45, 7) is 0. The van der Waals surface area contributed by atoms with Crippen molar-refractivity contribution in [3.63, 3.8) is 0 Å². The van der Waals surface area contributed by atoms with E-state index in [1.54, 1.807) is 0 Å². The van der Waals surface area contributed by atoms with Crippen LogP contribution in [0, 0.1) is 0 Å². The van der Waals surface area contributed by atoms with E-state index in [2.05, 4.69) is 226 Å². The molecule has 0 bridgehead atoms. The SMILES string of the molecule is c1ccc(-c2ccc(N(c3ccccc3)c3ccc(-n4c5cccc6c7ccccc7n7c8cccc(-c9ccccc9)c8c8ccc4c(c65)c87)cc3)cc2)cc1. The summed E-state index contributed by atoms with van der Waals surface area (Å²) in [5, 5.41) is 7.66. The highest BCUT2D eigenvalue weighted by molar-refractivity contribution is 6.34. The molecule has 0 amide bonds. The van der Waals surface area contributed by atoms with E-state index in [-0.39, 0.29) is 0 Å². The quantitative estimate of drug-likeness (QED) is 0.166. The van der Waals surface area contributed by atoms with Gasteiger partial charge in [-0.3, -0.25) is 0 Å². The lowest BCUT2D eigenvalue weighted by atomic mass is 9.98. The summed E-state index contributed by atoms with van der Waals surface area (Å²) in [4.78, 5) is 2.34. The monoisotopic (exact) mass is 725 g/mol. The number of para-hydroxylation sites is 2. The Balaban J connectivity index is 1.09. The molecule has 0 aliphatic carbocycles. The fourth-order valence-corrected chi connectivity index (χ4v) is 9.41. The first-order chi connectivity index (χ1) is 28.3. The third-order valence-electron chi connectivity index (χ3n) is 11.8. The van der Waals surface area contributed by atoms with Crippen molar-refractivity contribution in [2.24, 2.45) is 0 Å². The van der Waals surface area contributed by atoms with E-state index >= 15 is 0 Å². The first-order valence-electron chi connectivity index (χ1n) is 19.6. The molecule has 3 heteroatoms. The normalized spacial score (nSPS) is 11.9. The van der Waals surface area contributed by atoms with Crippen LogP contribution in [0.4, 0.5) is 17.1 Å². The molecule has 3 aromatic heterocycles. The van der Waals surface area contributed by atoms with Crippen LogP contribution in [-0.4, -0.2) is 8.97 Å². The Labute approximate surface area is 329 Å². The zero-order valence-electron chi connectivity index (χ0n) is 31.0. The van der Waals surface area contributed by atoms with Gasteiger partial charge in [-0.15, -0.1) is 0 Å². The Morgan fingerprint density at radius 2 is 0.842 bits per heavy atom. The van der Waals surface area contributed by atoms with Crippen molar-refractivity contribution in [1.82, 2.24) is 8.97 Å². The maximum Gasteiger partial charge on any atom is 0.0642 e. The summed E-state index contributed by atoms with van der Waals surface area (Å²) in [6.07, 6.45) is 0. The minimum atomic E-state index is 1.10. The van der Waals surface area contributed by atoms with Gasteiger partial charge in [0, 0.05) is 49.7 Å². The van der Waals surface area contributed by atoms with Crippen LogP contribution in [0.5, 0.6) is 0 Å².